The Balaban J connectivity index is 1.91. The van der Waals surface area contributed by atoms with Crippen LogP contribution in [0.2, 0.25) is 0 Å². The average Bonchev–Trinajstić information content (AvgIpc) is 2.55. The Kier molecular flexibility index (Phi) is 3.44. The summed E-state index contributed by atoms with van der Waals surface area (Å²) in [5, 5.41) is 18.9. The lowest BCUT2D eigenvalue weighted by atomic mass is 10.2. The van der Waals surface area contributed by atoms with Gasteiger partial charge in [0, 0.05) is 0 Å². The highest BCUT2D eigenvalue weighted by Gasteiger charge is 2.16. The number of ether oxygens (including phenoxy) is 1. The van der Waals surface area contributed by atoms with Crippen molar-refractivity contribution in [2.75, 3.05) is 0 Å². The fourth-order valence-corrected chi connectivity index (χ4v) is 1.87. The summed E-state index contributed by atoms with van der Waals surface area (Å²) in [6.07, 6.45) is 1.28. The number of nitrogens with zero attached hydrogens (tertiary/aromatic N) is 5. The summed E-state index contributed by atoms with van der Waals surface area (Å²) in [4.78, 5) is 26.0. The van der Waals surface area contributed by atoms with E-state index in [1.54, 1.807) is 24.3 Å². The predicted molar refractivity (Wildman–Crippen MR) is 75.3 cm³/mol. The molecule has 0 bridgehead atoms. The molecule has 0 aliphatic carbocycles. The highest BCUT2D eigenvalue weighted by molar-refractivity contribution is 5.76. The van der Waals surface area contributed by atoms with Gasteiger partial charge in [0.25, 0.3) is 5.56 Å². The minimum absolute atomic E-state index is 0.0469. The van der Waals surface area contributed by atoms with Gasteiger partial charge in [0.15, 0.2) is 6.73 Å². The van der Waals surface area contributed by atoms with Gasteiger partial charge in [-0.2, -0.15) is 4.68 Å². The van der Waals surface area contributed by atoms with Crippen molar-refractivity contribution in [2.45, 2.75) is 6.73 Å². The van der Waals surface area contributed by atoms with Gasteiger partial charge >= 0.3 is 5.82 Å². The van der Waals surface area contributed by atoms with E-state index in [-0.39, 0.29) is 12.5 Å². The van der Waals surface area contributed by atoms with Crippen molar-refractivity contribution in [3.8, 4) is 5.75 Å². The monoisotopic (exact) mass is 299 g/mol. The molecule has 9 nitrogen and oxygen atoms in total. The molecule has 0 aliphatic heterocycles. The molecule has 0 atom stereocenters. The van der Waals surface area contributed by atoms with E-state index in [2.05, 4.69) is 15.3 Å². The molecule has 2 aromatic heterocycles. The maximum atomic E-state index is 12.2. The average molecular weight is 299 g/mol. The maximum absolute atomic E-state index is 12.2. The summed E-state index contributed by atoms with van der Waals surface area (Å²) < 4.78 is 6.26. The summed E-state index contributed by atoms with van der Waals surface area (Å²) in [5.41, 5.74) is 0.0771. The highest BCUT2D eigenvalue weighted by Crippen LogP contribution is 2.22. The molecule has 2 heterocycles. The number of pyridine rings is 1. The standard InChI is InChI=1S/C13H9N5O4/c19-13-9-4-1-2-5-10(9)15-16-17(13)8-22-11-6-3-7-14-12(11)18(20)21/h1-7H,8H2. The lowest BCUT2D eigenvalue weighted by Gasteiger charge is -2.07. The molecule has 0 unspecified atom stereocenters. The molecule has 9 heteroatoms. The van der Waals surface area contributed by atoms with Crippen LogP contribution < -0.4 is 10.3 Å². The van der Waals surface area contributed by atoms with Crippen molar-refractivity contribution in [2.24, 2.45) is 0 Å². The first-order valence-corrected chi connectivity index (χ1v) is 6.21. The van der Waals surface area contributed by atoms with Crippen molar-refractivity contribution in [1.29, 1.82) is 0 Å². The zero-order chi connectivity index (χ0) is 15.5. The first kappa shape index (κ1) is 13.6. The highest BCUT2D eigenvalue weighted by atomic mass is 16.6. The second-order valence-electron chi connectivity index (χ2n) is 4.27. The van der Waals surface area contributed by atoms with Crippen LogP contribution in [0, 0.1) is 10.1 Å². The van der Waals surface area contributed by atoms with Crippen LogP contribution >= 0.6 is 0 Å². The molecule has 0 spiro atoms. The summed E-state index contributed by atoms with van der Waals surface area (Å²) >= 11 is 0. The topological polar surface area (TPSA) is 113 Å². The van der Waals surface area contributed by atoms with Crippen LogP contribution in [0.25, 0.3) is 10.9 Å². The number of rotatable bonds is 4. The lowest BCUT2D eigenvalue weighted by Crippen LogP contribution is -2.26. The molecule has 0 radical (unpaired) electrons. The van der Waals surface area contributed by atoms with Crippen molar-refractivity contribution in [3.63, 3.8) is 0 Å². The van der Waals surface area contributed by atoms with Gasteiger partial charge in [-0.25, -0.2) is 0 Å². The van der Waals surface area contributed by atoms with Crippen molar-refractivity contribution < 1.29 is 9.66 Å². The number of hydrogen-bond donors (Lipinski definition) is 0. The van der Waals surface area contributed by atoms with Gasteiger partial charge in [-0.3, -0.25) is 4.79 Å². The van der Waals surface area contributed by atoms with E-state index in [1.165, 1.54) is 18.3 Å². The van der Waals surface area contributed by atoms with Crippen LogP contribution in [0.4, 0.5) is 5.82 Å². The SMILES string of the molecule is O=c1c2ccccc2nnn1COc1cccnc1[N+](=O)[O-]. The van der Waals surface area contributed by atoms with Crippen LogP contribution in [-0.4, -0.2) is 24.9 Å². The van der Waals surface area contributed by atoms with E-state index in [4.69, 9.17) is 4.74 Å². The molecule has 0 saturated carbocycles. The Labute approximate surface area is 122 Å². The van der Waals surface area contributed by atoms with Gasteiger partial charge < -0.3 is 14.9 Å². The minimum Gasteiger partial charge on any atom is -0.462 e. The van der Waals surface area contributed by atoms with E-state index < -0.39 is 16.3 Å². The molecule has 0 N–H and O–H groups in total. The van der Waals surface area contributed by atoms with Crippen LogP contribution in [0.15, 0.2) is 47.4 Å². The third-order valence-electron chi connectivity index (χ3n) is 2.90. The first-order chi connectivity index (χ1) is 10.7. The Hall–Kier alpha value is -3.36. The van der Waals surface area contributed by atoms with Crippen LogP contribution in [0.3, 0.4) is 0 Å². The first-order valence-electron chi connectivity index (χ1n) is 6.21. The van der Waals surface area contributed by atoms with Gasteiger partial charge in [-0.1, -0.05) is 17.3 Å². The third-order valence-corrected chi connectivity index (χ3v) is 2.90. The molecule has 0 fully saturated rings. The Bertz CT molecular complexity index is 908. The van der Waals surface area contributed by atoms with Crippen molar-refractivity contribution >= 4 is 16.7 Å². The molecule has 1 aromatic carbocycles. The minimum atomic E-state index is -0.663. The lowest BCUT2D eigenvalue weighted by molar-refractivity contribution is -0.390. The second kappa shape index (κ2) is 5.56. The maximum Gasteiger partial charge on any atom is 0.406 e. The van der Waals surface area contributed by atoms with E-state index in [1.807, 2.05) is 0 Å². The van der Waals surface area contributed by atoms with Gasteiger partial charge in [0.2, 0.25) is 5.75 Å². The zero-order valence-corrected chi connectivity index (χ0v) is 11.1. The molecular formula is C13H9N5O4. The molecule has 22 heavy (non-hydrogen) atoms. The van der Waals surface area contributed by atoms with Crippen LogP contribution in [-0.2, 0) is 6.73 Å². The van der Waals surface area contributed by atoms with Gasteiger partial charge in [0.05, 0.1) is 5.39 Å². The molecule has 3 rings (SSSR count). The van der Waals surface area contributed by atoms with Gasteiger partial charge in [0.1, 0.15) is 11.7 Å². The normalized spacial score (nSPS) is 10.5. The number of benzene rings is 1. The number of aromatic nitrogens is 4. The molecule has 0 saturated heterocycles. The molecule has 110 valence electrons. The number of fused-ring (bicyclic) bond motifs is 1. The summed E-state index contributed by atoms with van der Waals surface area (Å²) in [5.74, 6) is -0.473. The zero-order valence-electron chi connectivity index (χ0n) is 11.1. The molecule has 0 amide bonds. The van der Waals surface area contributed by atoms with E-state index >= 15 is 0 Å². The fourth-order valence-electron chi connectivity index (χ4n) is 1.87. The molecule has 0 aliphatic rings. The Morgan fingerprint density at radius 3 is 2.86 bits per heavy atom. The van der Waals surface area contributed by atoms with E-state index in [9.17, 15) is 14.9 Å². The predicted octanol–water partition coefficient (Wildman–Crippen LogP) is 1.13. The quantitative estimate of drug-likeness (QED) is 0.524. The van der Waals surface area contributed by atoms with E-state index in [0.29, 0.717) is 10.9 Å². The third kappa shape index (κ3) is 2.46. The van der Waals surface area contributed by atoms with E-state index in [0.717, 1.165) is 4.68 Å². The second-order valence-corrected chi connectivity index (χ2v) is 4.27. The Morgan fingerprint density at radius 2 is 2.05 bits per heavy atom. The number of nitro groups is 1. The molecular weight excluding hydrogens is 290 g/mol. The number of hydrogen-bond acceptors (Lipinski definition) is 7. The smallest absolute Gasteiger partial charge is 0.406 e. The fraction of sp³-hybridized carbons (Fsp3) is 0.0769. The summed E-state index contributed by atoms with van der Waals surface area (Å²) in [7, 11) is 0. The summed E-state index contributed by atoms with van der Waals surface area (Å²) in [6, 6.07) is 9.64. The van der Waals surface area contributed by atoms with Gasteiger partial charge in [-0.15, -0.1) is 5.10 Å². The van der Waals surface area contributed by atoms with Crippen LogP contribution in [0.5, 0.6) is 5.75 Å². The van der Waals surface area contributed by atoms with Crippen molar-refractivity contribution in [1.82, 2.24) is 20.0 Å². The largest absolute Gasteiger partial charge is 0.462 e. The van der Waals surface area contributed by atoms with Crippen molar-refractivity contribution in [3.05, 3.63) is 63.1 Å². The van der Waals surface area contributed by atoms with Crippen LogP contribution in [0.1, 0.15) is 0 Å². The Morgan fingerprint density at radius 1 is 1.23 bits per heavy atom. The summed E-state index contributed by atoms with van der Waals surface area (Å²) in [6.45, 7) is -0.302. The van der Waals surface area contributed by atoms with Gasteiger partial charge in [-0.05, 0) is 34.2 Å². The molecule has 3 aromatic rings.